The Labute approximate surface area is 146 Å². The van der Waals surface area contributed by atoms with Crippen LogP contribution in [0.15, 0.2) is 35.3 Å². The molecule has 0 bridgehead atoms. The van der Waals surface area contributed by atoms with E-state index in [0.29, 0.717) is 30.1 Å². The predicted molar refractivity (Wildman–Crippen MR) is 98.3 cm³/mol. The largest absolute Gasteiger partial charge is 0.492 e. The summed E-state index contributed by atoms with van der Waals surface area (Å²) < 4.78 is 7.42. The number of hydrogen-bond acceptors (Lipinski definition) is 5. The number of nitrogens with one attached hydrogen (secondary N) is 2. The lowest BCUT2D eigenvalue weighted by Crippen LogP contribution is -2.24. The van der Waals surface area contributed by atoms with Crippen LogP contribution in [-0.2, 0) is 5.54 Å². The molecule has 0 saturated carbocycles. The fraction of sp³-hybridized carbons (Fsp3) is 0.389. The van der Waals surface area contributed by atoms with Gasteiger partial charge in [0.15, 0.2) is 5.65 Å². The first-order valence-electron chi connectivity index (χ1n) is 8.26. The minimum absolute atomic E-state index is 0.206. The van der Waals surface area contributed by atoms with E-state index in [0.717, 1.165) is 5.75 Å². The molecule has 3 rings (SSSR count). The van der Waals surface area contributed by atoms with Gasteiger partial charge in [-0.05, 0) is 39.8 Å². The van der Waals surface area contributed by atoms with Gasteiger partial charge in [-0.1, -0.05) is 17.7 Å². The Kier molecular flexibility index (Phi) is 4.48. The van der Waals surface area contributed by atoms with E-state index < -0.39 is 0 Å². The maximum Gasteiger partial charge on any atom is 0.263 e. The highest BCUT2D eigenvalue weighted by molar-refractivity contribution is 5.74. The van der Waals surface area contributed by atoms with Crippen molar-refractivity contribution in [1.82, 2.24) is 19.7 Å². The Balaban J connectivity index is 1.69. The third-order valence-electron chi connectivity index (χ3n) is 3.76. The Morgan fingerprint density at radius 2 is 1.96 bits per heavy atom. The molecule has 25 heavy (non-hydrogen) atoms. The summed E-state index contributed by atoms with van der Waals surface area (Å²) in [6, 6.07) is 7.87. The molecule has 2 aromatic heterocycles. The molecule has 3 aromatic rings. The summed E-state index contributed by atoms with van der Waals surface area (Å²) in [5.74, 6) is 1.23. The number of rotatable bonds is 5. The molecule has 0 saturated heterocycles. The highest BCUT2D eigenvalue weighted by atomic mass is 16.5. The predicted octanol–water partition coefficient (Wildman–Crippen LogP) is 2.67. The van der Waals surface area contributed by atoms with Gasteiger partial charge < -0.3 is 10.1 Å². The van der Waals surface area contributed by atoms with E-state index >= 15 is 0 Å². The molecule has 7 heteroatoms. The molecule has 0 radical (unpaired) electrons. The summed E-state index contributed by atoms with van der Waals surface area (Å²) in [6.45, 7) is 9.07. The number of aromatic nitrogens is 4. The van der Waals surface area contributed by atoms with Crippen LogP contribution in [0.1, 0.15) is 26.3 Å². The highest BCUT2D eigenvalue weighted by Crippen LogP contribution is 2.18. The smallest absolute Gasteiger partial charge is 0.263 e. The van der Waals surface area contributed by atoms with Crippen molar-refractivity contribution in [2.75, 3.05) is 18.5 Å². The summed E-state index contributed by atoms with van der Waals surface area (Å²) >= 11 is 0. The number of aromatic amines is 1. The SMILES string of the molecule is Cc1ccc(OCCNc2nc3c(cnn3C(C)(C)C)c(=O)[nH]2)cc1. The Morgan fingerprint density at radius 3 is 2.64 bits per heavy atom. The van der Waals surface area contributed by atoms with Crippen molar-refractivity contribution in [2.24, 2.45) is 0 Å². The molecule has 2 N–H and O–H groups in total. The quantitative estimate of drug-likeness (QED) is 0.697. The normalized spacial score (nSPS) is 11.7. The number of aryl methyl sites for hydroxylation is 1. The van der Waals surface area contributed by atoms with E-state index in [2.05, 4.69) is 20.4 Å². The van der Waals surface area contributed by atoms with Gasteiger partial charge in [0, 0.05) is 0 Å². The van der Waals surface area contributed by atoms with Gasteiger partial charge in [-0.15, -0.1) is 0 Å². The molecular formula is C18H23N5O2. The van der Waals surface area contributed by atoms with Crippen LogP contribution in [0, 0.1) is 6.92 Å². The van der Waals surface area contributed by atoms with Crippen LogP contribution >= 0.6 is 0 Å². The standard InChI is InChI=1S/C18H23N5O2/c1-12-5-7-13(8-6-12)25-10-9-19-17-21-15-14(16(24)22-17)11-20-23(15)18(2,3)4/h5-8,11H,9-10H2,1-4H3,(H2,19,21,22,24). The molecule has 0 fully saturated rings. The fourth-order valence-electron chi connectivity index (χ4n) is 2.47. The third-order valence-corrected chi connectivity index (χ3v) is 3.76. The average molecular weight is 341 g/mol. The summed E-state index contributed by atoms with van der Waals surface area (Å²) in [6.07, 6.45) is 1.55. The van der Waals surface area contributed by atoms with Gasteiger partial charge in [-0.3, -0.25) is 9.78 Å². The van der Waals surface area contributed by atoms with Crippen molar-refractivity contribution in [2.45, 2.75) is 33.2 Å². The number of fused-ring (bicyclic) bond motifs is 1. The highest BCUT2D eigenvalue weighted by Gasteiger charge is 2.19. The second kappa shape index (κ2) is 6.58. The van der Waals surface area contributed by atoms with Crippen molar-refractivity contribution in [3.8, 4) is 5.75 Å². The molecule has 0 aliphatic heterocycles. The minimum atomic E-state index is -0.256. The number of hydrogen-bond donors (Lipinski definition) is 2. The molecule has 0 spiro atoms. The number of nitrogens with zero attached hydrogens (tertiary/aromatic N) is 3. The molecule has 132 valence electrons. The van der Waals surface area contributed by atoms with Crippen LogP contribution in [-0.4, -0.2) is 32.9 Å². The Hall–Kier alpha value is -2.83. The van der Waals surface area contributed by atoms with Gasteiger partial charge in [-0.2, -0.15) is 10.1 Å². The van der Waals surface area contributed by atoms with Crippen LogP contribution in [0.3, 0.4) is 0 Å². The summed E-state index contributed by atoms with van der Waals surface area (Å²) in [4.78, 5) is 19.4. The number of anilines is 1. The monoisotopic (exact) mass is 341 g/mol. The lowest BCUT2D eigenvalue weighted by molar-refractivity contribution is 0.332. The van der Waals surface area contributed by atoms with Crippen LogP contribution < -0.4 is 15.6 Å². The van der Waals surface area contributed by atoms with E-state index in [1.165, 1.54) is 5.56 Å². The lowest BCUT2D eigenvalue weighted by atomic mass is 10.1. The molecule has 0 aliphatic rings. The molecule has 0 aliphatic carbocycles. The van der Waals surface area contributed by atoms with Crippen LogP contribution in [0.4, 0.5) is 5.95 Å². The van der Waals surface area contributed by atoms with Crippen molar-refractivity contribution < 1.29 is 4.74 Å². The van der Waals surface area contributed by atoms with E-state index in [1.54, 1.807) is 10.9 Å². The molecule has 0 unspecified atom stereocenters. The molecule has 1 aromatic carbocycles. The second-order valence-corrected chi connectivity index (χ2v) is 6.97. The maximum atomic E-state index is 12.2. The Morgan fingerprint density at radius 1 is 1.24 bits per heavy atom. The number of ether oxygens (including phenoxy) is 1. The van der Waals surface area contributed by atoms with Crippen LogP contribution in [0.25, 0.3) is 11.0 Å². The lowest BCUT2D eigenvalue weighted by Gasteiger charge is -2.19. The van der Waals surface area contributed by atoms with E-state index in [-0.39, 0.29) is 11.1 Å². The first kappa shape index (κ1) is 17.0. The number of H-pyrrole nitrogens is 1. The Bertz CT molecular complexity index is 919. The van der Waals surface area contributed by atoms with Crippen molar-refractivity contribution in [3.05, 3.63) is 46.4 Å². The molecule has 0 amide bonds. The third kappa shape index (κ3) is 3.81. The molecule has 0 atom stereocenters. The molecule has 7 nitrogen and oxygen atoms in total. The molecular weight excluding hydrogens is 318 g/mol. The fourth-order valence-corrected chi connectivity index (χ4v) is 2.47. The minimum Gasteiger partial charge on any atom is -0.492 e. The summed E-state index contributed by atoms with van der Waals surface area (Å²) in [5.41, 5.74) is 1.30. The van der Waals surface area contributed by atoms with Gasteiger partial charge >= 0.3 is 0 Å². The number of benzene rings is 1. The van der Waals surface area contributed by atoms with Gasteiger partial charge in [0.2, 0.25) is 5.95 Å². The average Bonchev–Trinajstić information content (AvgIpc) is 2.98. The van der Waals surface area contributed by atoms with E-state index in [9.17, 15) is 4.79 Å². The van der Waals surface area contributed by atoms with Gasteiger partial charge in [0.05, 0.1) is 18.3 Å². The second-order valence-electron chi connectivity index (χ2n) is 6.97. The first-order valence-corrected chi connectivity index (χ1v) is 8.26. The van der Waals surface area contributed by atoms with Crippen LogP contribution in [0.5, 0.6) is 5.75 Å². The maximum absolute atomic E-state index is 12.2. The zero-order valence-electron chi connectivity index (χ0n) is 15.0. The van der Waals surface area contributed by atoms with Gasteiger partial charge in [-0.25, -0.2) is 4.68 Å². The van der Waals surface area contributed by atoms with Crippen molar-refractivity contribution in [1.29, 1.82) is 0 Å². The van der Waals surface area contributed by atoms with Crippen LogP contribution in [0.2, 0.25) is 0 Å². The van der Waals surface area contributed by atoms with Gasteiger partial charge in [0.25, 0.3) is 5.56 Å². The van der Waals surface area contributed by atoms with Crippen molar-refractivity contribution in [3.63, 3.8) is 0 Å². The van der Waals surface area contributed by atoms with Gasteiger partial charge in [0.1, 0.15) is 17.7 Å². The molecule has 2 heterocycles. The zero-order chi connectivity index (χ0) is 18.0. The van der Waals surface area contributed by atoms with E-state index in [4.69, 9.17) is 4.74 Å². The first-order chi connectivity index (χ1) is 11.8. The van der Waals surface area contributed by atoms with Crippen molar-refractivity contribution >= 4 is 17.0 Å². The zero-order valence-corrected chi connectivity index (χ0v) is 15.0. The summed E-state index contributed by atoms with van der Waals surface area (Å²) in [7, 11) is 0. The topological polar surface area (TPSA) is 84.8 Å². The van der Waals surface area contributed by atoms with E-state index in [1.807, 2.05) is 52.0 Å². The summed E-state index contributed by atoms with van der Waals surface area (Å²) in [5, 5.41) is 7.87.